The summed E-state index contributed by atoms with van der Waals surface area (Å²) in [6, 6.07) is 0. The van der Waals surface area contributed by atoms with Gasteiger partial charge in [-0.25, -0.2) is 0 Å². The quantitative estimate of drug-likeness (QED) is 0.355. The van der Waals surface area contributed by atoms with Crippen LogP contribution in [-0.2, 0) is 19.1 Å². The number of methoxy groups -OCH3 is 1. The molecule has 0 radical (unpaired) electrons. The highest BCUT2D eigenvalue weighted by Gasteiger charge is 2.36. The molecule has 2 fully saturated rings. The zero-order valence-corrected chi connectivity index (χ0v) is 15.0. The SMILES string of the molecule is C=CCCC[C@@H]1CCC[C@H]1OC(=O)C[C@H](C(=O)OC)C1CCCC1. The molecule has 3 atom stereocenters. The molecular weight excluding hydrogens is 304 g/mol. The van der Waals surface area contributed by atoms with Crippen molar-refractivity contribution in [3.8, 4) is 0 Å². The third-order valence-electron chi connectivity index (χ3n) is 5.71. The van der Waals surface area contributed by atoms with Gasteiger partial charge in [0, 0.05) is 0 Å². The van der Waals surface area contributed by atoms with Crippen LogP contribution in [0.2, 0.25) is 0 Å². The van der Waals surface area contributed by atoms with Crippen molar-refractivity contribution >= 4 is 11.9 Å². The summed E-state index contributed by atoms with van der Waals surface area (Å²) in [5, 5.41) is 0. The minimum Gasteiger partial charge on any atom is -0.469 e. The maximum atomic E-state index is 12.4. The predicted molar refractivity (Wildman–Crippen MR) is 93.4 cm³/mol. The number of ether oxygens (including phenoxy) is 2. The zero-order chi connectivity index (χ0) is 17.4. The molecule has 0 aromatic carbocycles. The van der Waals surface area contributed by atoms with Gasteiger partial charge in [0.2, 0.25) is 0 Å². The Labute approximate surface area is 146 Å². The van der Waals surface area contributed by atoms with Gasteiger partial charge in [-0.3, -0.25) is 9.59 Å². The minimum atomic E-state index is -0.328. The van der Waals surface area contributed by atoms with Gasteiger partial charge in [-0.2, -0.15) is 0 Å². The molecule has 0 heterocycles. The smallest absolute Gasteiger partial charge is 0.309 e. The lowest BCUT2D eigenvalue weighted by molar-refractivity contribution is -0.159. The van der Waals surface area contributed by atoms with E-state index in [4.69, 9.17) is 9.47 Å². The van der Waals surface area contributed by atoms with E-state index in [0.717, 1.165) is 64.2 Å². The van der Waals surface area contributed by atoms with Gasteiger partial charge in [-0.15, -0.1) is 6.58 Å². The van der Waals surface area contributed by atoms with E-state index in [1.54, 1.807) is 0 Å². The first kappa shape index (κ1) is 19.0. The van der Waals surface area contributed by atoms with Gasteiger partial charge < -0.3 is 9.47 Å². The summed E-state index contributed by atoms with van der Waals surface area (Å²) in [7, 11) is 1.40. The second-order valence-electron chi connectivity index (χ2n) is 7.32. The number of esters is 2. The molecule has 0 aromatic rings. The van der Waals surface area contributed by atoms with Gasteiger partial charge >= 0.3 is 11.9 Å². The molecular formula is C20H32O4. The molecule has 0 aromatic heterocycles. The van der Waals surface area contributed by atoms with Crippen LogP contribution in [0.25, 0.3) is 0 Å². The standard InChI is InChI=1S/C20H32O4/c1-3-4-5-11-16-12-8-13-18(16)24-19(21)14-17(20(22)23-2)15-9-6-7-10-15/h3,15-18H,1,4-14H2,2H3/t16-,17+,18-/m1/s1. The van der Waals surface area contributed by atoms with E-state index in [1.807, 2.05) is 6.08 Å². The van der Waals surface area contributed by atoms with Crippen LogP contribution in [0.5, 0.6) is 0 Å². The van der Waals surface area contributed by atoms with Crippen molar-refractivity contribution in [2.45, 2.75) is 76.7 Å². The first-order valence-electron chi connectivity index (χ1n) is 9.54. The largest absolute Gasteiger partial charge is 0.469 e. The van der Waals surface area contributed by atoms with Crippen LogP contribution < -0.4 is 0 Å². The Hall–Kier alpha value is -1.32. The molecule has 2 aliphatic rings. The van der Waals surface area contributed by atoms with Gasteiger partial charge in [-0.05, 0) is 63.2 Å². The number of unbranched alkanes of at least 4 members (excludes halogenated alkanes) is 1. The highest BCUT2D eigenvalue weighted by atomic mass is 16.5. The predicted octanol–water partition coefficient (Wildman–Crippen LogP) is 4.42. The Morgan fingerprint density at radius 2 is 1.92 bits per heavy atom. The monoisotopic (exact) mass is 336 g/mol. The normalized spacial score (nSPS) is 25.4. The van der Waals surface area contributed by atoms with Gasteiger partial charge in [0.25, 0.3) is 0 Å². The first-order chi connectivity index (χ1) is 11.7. The van der Waals surface area contributed by atoms with Gasteiger partial charge in [0.15, 0.2) is 0 Å². The highest BCUT2D eigenvalue weighted by molar-refractivity contribution is 5.80. The number of rotatable bonds is 9. The van der Waals surface area contributed by atoms with E-state index < -0.39 is 0 Å². The summed E-state index contributed by atoms with van der Waals surface area (Å²) in [5.74, 6) is -0.0646. The van der Waals surface area contributed by atoms with Crippen LogP contribution >= 0.6 is 0 Å². The molecule has 24 heavy (non-hydrogen) atoms. The van der Waals surface area contributed by atoms with E-state index in [-0.39, 0.29) is 36.3 Å². The third-order valence-corrected chi connectivity index (χ3v) is 5.71. The lowest BCUT2D eigenvalue weighted by Crippen LogP contribution is -2.29. The van der Waals surface area contributed by atoms with Crippen molar-refractivity contribution in [1.29, 1.82) is 0 Å². The van der Waals surface area contributed by atoms with Crippen LogP contribution in [0.15, 0.2) is 12.7 Å². The maximum absolute atomic E-state index is 12.4. The number of carbonyl (C=O) groups is 2. The molecule has 0 aliphatic heterocycles. The Kier molecular flexibility index (Phi) is 7.80. The minimum absolute atomic E-state index is 0.0317. The zero-order valence-electron chi connectivity index (χ0n) is 15.0. The van der Waals surface area contributed by atoms with Crippen LogP contribution in [0.4, 0.5) is 0 Å². The summed E-state index contributed by atoms with van der Waals surface area (Å²) < 4.78 is 10.7. The topological polar surface area (TPSA) is 52.6 Å². The second kappa shape index (κ2) is 9.85. The van der Waals surface area contributed by atoms with Crippen molar-refractivity contribution in [3.63, 3.8) is 0 Å². The fraction of sp³-hybridized carbons (Fsp3) is 0.800. The Morgan fingerprint density at radius 3 is 2.58 bits per heavy atom. The molecule has 2 saturated carbocycles. The summed E-state index contributed by atoms with van der Waals surface area (Å²) in [6.45, 7) is 3.76. The van der Waals surface area contributed by atoms with Crippen LogP contribution in [0, 0.1) is 17.8 Å². The number of carbonyl (C=O) groups excluding carboxylic acids is 2. The number of allylic oxidation sites excluding steroid dienone is 1. The van der Waals surface area contributed by atoms with Crippen LogP contribution in [0.1, 0.15) is 70.6 Å². The Morgan fingerprint density at radius 1 is 1.17 bits per heavy atom. The second-order valence-corrected chi connectivity index (χ2v) is 7.32. The average Bonchev–Trinajstić information content (AvgIpc) is 3.24. The number of hydrogen-bond acceptors (Lipinski definition) is 4. The molecule has 0 amide bonds. The fourth-order valence-corrected chi connectivity index (χ4v) is 4.36. The average molecular weight is 336 g/mol. The molecule has 0 N–H and O–H groups in total. The van der Waals surface area contributed by atoms with Crippen molar-refractivity contribution < 1.29 is 19.1 Å². The van der Waals surface area contributed by atoms with Gasteiger partial charge in [-0.1, -0.05) is 18.9 Å². The van der Waals surface area contributed by atoms with E-state index in [0.29, 0.717) is 5.92 Å². The summed E-state index contributed by atoms with van der Waals surface area (Å²) >= 11 is 0. The lowest BCUT2D eigenvalue weighted by Gasteiger charge is -2.23. The molecule has 136 valence electrons. The van der Waals surface area contributed by atoms with Crippen LogP contribution in [-0.4, -0.2) is 25.2 Å². The molecule has 2 aliphatic carbocycles. The summed E-state index contributed by atoms with van der Waals surface area (Å²) in [6.07, 6.45) is 12.9. The van der Waals surface area contributed by atoms with Gasteiger partial charge in [0.05, 0.1) is 19.4 Å². The number of hydrogen-bond donors (Lipinski definition) is 0. The third kappa shape index (κ3) is 5.35. The first-order valence-corrected chi connectivity index (χ1v) is 9.54. The van der Waals surface area contributed by atoms with Crippen LogP contribution in [0.3, 0.4) is 0 Å². The highest BCUT2D eigenvalue weighted by Crippen LogP contribution is 2.36. The molecule has 0 saturated heterocycles. The molecule has 0 unspecified atom stereocenters. The summed E-state index contributed by atoms with van der Waals surface area (Å²) in [5.41, 5.74) is 0. The van der Waals surface area contributed by atoms with Crippen molar-refractivity contribution in [1.82, 2.24) is 0 Å². The van der Waals surface area contributed by atoms with E-state index in [2.05, 4.69) is 6.58 Å². The lowest BCUT2D eigenvalue weighted by atomic mass is 9.88. The Balaban J connectivity index is 1.85. The Bertz CT molecular complexity index is 425. The molecule has 4 heteroatoms. The van der Waals surface area contributed by atoms with E-state index in [1.165, 1.54) is 7.11 Å². The van der Waals surface area contributed by atoms with Crippen molar-refractivity contribution in [2.75, 3.05) is 7.11 Å². The molecule has 0 spiro atoms. The maximum Gasteiger partial charge on any atom is 0.309 e. The summed E-state index contributed by atoms with van der Waals surface area (Å²) in [4.78, 5) is 24.5. The van der Waals surface area contributed by atoms with E-state index >= 15 is 0 Å². The van der Waals surface area contributed by atoms with E-state index in [9.17, 15) is 9.59 Å². The molecule has 2 rings (SSSR count). The molecule has 4 nitrogen and oxygen atoms in total. The molecule has 0 bridgehead atoms. The fourth-order valence-electron chi connectivity index (χ4n) is 4.36. The van der Waals surface area contributed by atoms with Gasteiger partial charge in [0.1, 0.15) is 6.10 Å². The van der Waals surface area contributed by atoms with Crippen molar-refractivity contribution in [3.05, 3.63) is 12.7 Å². The van der Waals surface area contributed by atoms with Crippen molar-refractivity contribution in [2.24, 2.45) is 17.8 Å².